The number of benzene rings is 1. The Bertz CT molecular complexity index is 776. The van der Waals surface area contributed by atoms with Crippen LogP contribution in [0, 0.1) is 17.8 Å². The number of halogens is 2. The first-order chi connectivity index (χ1) is 12.3. The molecule has 0 unspecified atom stereocenters. The zero-order valence-corrected chi connectivity index (χ0v) is 16.2. The Balaban J connectivity index is 1.83. The van der Waals surface area contributed by atoms with Gasteiger partial charge < -0.3 is 0 Å². The van der Waals surface area contributed by atoms with Crippen LogP contribution in [0.25, 0.3) is 0 Å². The van der Waals surface area contributed by atoms with Crippen molar-refractivity contribution in [1.82, 2.24) is 4.31 Å². The lowest BCUT2D eigenvalue weighted by Gasteiger charge is -2.33. The van der Waals surface area contributed by atoms with Crippen LogP contribution in [-0.2, 0) is 10.0 Å². The van der Waals surface area contributed by atoms with Gasteiger partial charge >= 0.3 is 0 Å². The predicted molar refractivity (Wildman–Crippen MR) is 98.5 cm³/mol. The van der Waals surface area contributed by atoms with E-state index < -0.39 is 27.3 Å². The van der Waals surface area contributed by atoms with Crippen molar-refractivity contribution >= 4 is 10.0 Å². The molecule has 2 atom stereocenters. The van der Waals surface area contributed by atoms with E-state index in [1.54, 1.807) is 24.3 Å². The third kappa shape index (κ3) is 3.17. The molecule has 144 valence electrons. The summed E-state index contributed by atoms with van der Waals surface area (Å²) < 4.78 is 54.6. The Morgan fingerprint density at radius 1 is 1.15 bits per heavy atom. The second-order valence-corrected chi connectivity index (χ2v) is 9.68. The first-order valence-electron chi connectivity index (χ1n) is 9.33. The SMILES string of the molecule is CCCCCC[C@]12CN(S(=O)(=O)c3ccc(C)cc3)C=C[C@@]1(C(F)F)C2. The molecule has 0 amide bonds. The standard InChI is InChI=1S/C20H27F2NO2S/c1-3-4-5-6-11-19-14-20(19,18(21)22)12-13-23(15-19)26(24,25)17-9-7-16(2)8-10-17/h7-10,12-13,18H,3-6,11,14-15H2,1-2H3/t19-,20-/m0/s1. The van der Waals surface area contributed by atoms with Gasteiger partial charge in [-0.15, -0.1) is 0 Å². The highest BCUT2D eigenvalue weighted by atomic mass is 32.2. The summed E-state index contributed by atoms with van der Waals surface area (Å²) in [6.45, 7) is 4.15. The summed E-state index contributed by atoms with van der Waals surface area (Å²) in [6, 6.07) is 6.66. The lowest BCUT2D eigenvalue weighted by molar-refractivity contribution is 0.0515. The molecule has 1 heterocycles. The van der Waals surface area contributed by atoms with Crippen LogP contribution in [0.4, 0.5) is 8.78 Å². The van der Waals surface area contributed by atoms with E-state index in [1.807, 2.05) is 6.92 Å². The molecule has 1 aliphatic heterocycles. The molecule has 1 fully saturated rings. The van der Waals surface area contributed by atoms with Gasteiger partial charge in [0.15, 0.2) is 0 Å². The van der Waals surface area contributed by atoms with Crippen LogP contribution in [0.2, 0.25) is 0 Å². The van der Waals surface area contributed by atoms with Gasteiger partial charge in [-0.2, -0.15) is 0 Å². The van der Waals surface area contributed by atoms with Gasteiger partial charge in [0.25, 0.3) is 10.0 Å². The number of aryl methyl sites for hydroxylation is 1. The molecule has 0 N–H and O–H groups in total. The topological polar surface area (TPSA) is 37.4 Å². The Hall–Kier alpha value is -1.43. The van der Waals surface area contributed by atoms with Gasteiger partial charge in [0.05, 0.1) is 10.3 Å². The van der Waals surface area contributed by atoms with Gasteiger partial charge in [-0.3, -0.25) is 4.31 Å². The molecule has 0 aromatic heterocycles. The molecule has 6 heteroatoms. The van der Waals surface area contributed by atoms with Crippen molar-refractivity contribution < 1.29 is 17.2 Å². The maximum atomic E-state index is 13.7. The maximum Gasteiger partial charge on any atom is 0.263 e. The van der Waals surface area contributed by atoms with E-state index in [1.165, 1.54) is 16.6 Å². The lowest BCUT2D eigenvalue weighted by Crippen LogP contribution is -2.39. The molecule has 2 aliphatic rings. The van der Waals surface area contributed by atoms with Crippen LogP contribution < -0.4 is 0 Å². The molecule has 26 heavy (non-hydrogen) atoms. The van der Waals surface area contributed by atoms with Crippen LogP contribution in [0.15, 0.2) is 41.4 Å². The second-order valence-electron chi connectivity index (χ2n) is 7.79. The fourth-order valence-electron chi connectivity index (χ4n) is 4.20. The number of sulfonamides is 1. The largest absolute Gasteiger partial charge is 0.273 e. The third-order valence-electron chi connectivity index (χ3n) is 6.02. The fourth-order valence-corrected chi connectivity index (χ4v) is 5.59. The lowest BCUT2D eigenvalue weighted by atomic mass is 9.86. The summed E-state index contributed by atoms with van der Waals surface area (Å²) in [5, 5.41) is 0. The summed E-state index contributed by atoms with van der Waals surface area (Å²) >= 11 is 0. The number of hydrogen-bond donors (Lipinski definition) is 0. The van der Waals surface area contributed by atoms with Crippen molar-refractivity contribution in [3.8, 4) is 0 Å². The molecule has 0 spiro atoms. The van der Waals surface area contributed by atoms with E-state index >= 15 is 0 Å². The van der Waals surface area contributed by atoms with E-state index in [-0.39, 0.29) is 11.4 Å². The van der Waals surface area contributed by atoms with Crippen molar-refractivity contribution in [2.75, 3.05) is 6.54 Å². The van der Waals surface area contributed by atoms with Crippen LogP contribution in [0.3, 0.4) is 0 Å². The van der Waals surface area contributed by atoms with E-state index in [4.69, 9.17) is 0 Å². The van der Waals surface area contributed by atoms with Crippen molar-refractivity contribution in [2.24, 2.45) is 10.8 Å². The Labute approximate surface area is 155 Å². The number of hydrogen-bond acceptors (Lipinski definition) is 2. The molecular formula is C20H27F2NO2S. The smallest absolute Gasteiger partial charge is 0.263 e. The minimum atomic E-state index is -3.71. The van der Waals surface area contributed by atoms with Gasteiger partial charge in [0, 0.05) is 18.2 Å². The first-order valence-corrected chi connectivity index (χ1v) is 10.8. The van der Waals surface area contributed by atoms with Crippen LogP contribution in [0.1, 0.15) is 51.0 Å². The molecule has 0 bridgehead atoms. The van der Waals surface area contributed by atoms with Crippen molar-refractivity contribution in [1.29, 1.82) is 0 Å². The molecule has 3 rings (SSSR count). The molecular weight excluding hydrogens is 356 g/mol. The molecule has 1 saturated carbocycles. The minimum Gasteiger partial charge on any atom is -0.273 e. The molecule has 3 nitrogen and oxygen atoms in total. The van der Waals surface area contributed by atoms with Gasteiger partial charge in [-0.25, -0.2) is 17.2 Å². The fraction of sp³-hybridized carbons (Fsp3) is 0.600. The number of fused-ring (bicyclic) bond motifs is 1. The number of unbranched alkanes of at least 4 members (excludes halogenated alkanes) is 3. The van der Waals surface area contributed by atoms with Crippen LogP contribution >= 0.6 is 0 Å². The first kappa shape index (κ1) is 19.3. The van der Waals surface area contributed by atoms with Crippen molar-refractivity contribution in [2.45, 2.75) is 63.7 Å². The minimum absolute atomic E-state index is 0.149. The van der Waals surface area contributed by atoms with Gasteiger partial charge in [0.1, 0.15) is 0 Å². The average Bonchev–Trinajstić information content (AvgIpc) is 3.29. The zero-order valence-electron chi connectivity index (χ0n) is 15.4. The van der Waals surface area contributed by atoms with Gasteiger partial charge in [-0.05, 0) is 31.9 Å². The molecule has 1 aromatic rings. The Morgan fingerprint density at radius 2 is 1.85 bits per heavy atom. The predicted octanol–water partition coefficient (Wildman–Crippen LogP) is 5.13. The Kier molecular flexibility index (Phi) is 5.17. The van der Waals surface area contributed by atoms with E-state index in [9.17, 15) is 17.2 Å². The molecule has 0 radical (unpaired) electrons. The molecule has 1 aromatic carbocycles. The second kappa shape index (κ2) is 6.95. The highest BCUT2D eigenvalue weighted by Gasteiger charge is 2.72. The summed E-state index contributed by atoms with van der Waals surface area (Å²) in [6.07, 6.45) is 5.43. The highest BCUT2D eigenvalue weighted by molar-refractivity contribution is 7.89. The monoisotopic (exact) mass is 383 g/mol. The third-order valence-corrected chi connectivity index (χ3v) is 7.75. The van der Waals surface area contributed by atoms with E-state index in [0.29, 0.717) is 12.8 Å². The number of alkyl halides is 2. The van der Waals surface area contributed by atoms with Crippen LogP contribution in [0.5, 0.6) is 0 Å². The summed E-state index contributed by atoms with van der Waals surface area (Å²) in [7, 11) is -3.71. The quantitative estimate of drug-likeness (QED) is 0.584. The summed E-state index contributed by atoms with van der Waals surface area (Å²) in [4.78, 5) is 0.207. The highest BCUT2D eigenvalue weighted by Crippen LogP contribution is 2.72. The number of rotatable bonds is 8. The normalized spacial score (nSPS) is 27.7. The maximum absolute atomic E-state index is 13.7. The number of nitrogens with zero attached hydrogens (tertiary/aromatic N) is 1. The van der Waals surface area contributed by atoms with Crippen LogP contribution in [-0.4, -0.2) is 25.7 Å². The van der Waals surface area contributed by atoms with E-state index in [2.05, 4.69) is 6.92 Å². The van der Waals surface area contributed by atoms with E-state index in [0.717, 1.165) is 31.2 Å². The molecule has 1 aliphatic carbocycles. The molecule has 0 saturated heterocycles. The average molecular weight is 384 g/mol. The van der Waals surface area contributed by atoms with Gasteiger partial charge in [0.2, 0.25) is 6.43 Å². The van der Waals surface area contributed by atoms with Crippen molar-refractivity contribution in [3.05, 3.63) is 42.1 Å². The van der Waals surface area contributed by atoms with Gasteiger partial charge in [-0.1, -0.05) is 56.4 Å². The summed E-state index contributed by atoms with van der Waals surface area (Å²) in [5.74, 6) is 0. The Morgan fingerprint density at radius 3 is 2.46 bits per heavy atom. The van der Waals surface area contributed by atoms with Crippen molar-refractivity contribution in [3.63, 3.8) is 0 Å². The number of allylic oxidation sites excluding steroid dienone is 1. The summed E-state index contributed by atoms with van der Waals surface area (Å²) in [5.41, 5.74) is -0.788. The zero-order chi connectivity index (χ0) is 19.0.